The fourth-order valence-corrected chi connectivity index (χ4v) is 4.84. The number of carbonyl (C=O) groups excluding carboxylic acids is 1. The summed E-state index contributed by atoms with van der Waals surface area (Å²) in [5.41, 5.74) is 1.88. The molecule has 1 amide bonds. The molecule has 6 nitrogen and oxygen atoms in total. The topological polar surface area (TPSA) is 71.0 Å². The summed E-state index contributed by atoms with van der Waals surface area (Å²) < 4.78 is 2.38. The normalized spacial score (nSPS) is 19.3. The number of pyridine rings is 1. The van der Waals surface area contributed by atoms with Crippen molar-refractivity contribution in [1.82, 2.24) is 19.4 Å². The highest BCUT2D eigenvalue weighted by molar-refractivity contribution is 5.84. The molecule has 1 saturated heterocycles. The highest BCUT2D eigenvalue weighted by Gasteiger charge is 2.29. The fourth-order valence-electron chi connectivity index (χ4n) is 4.84. The van der Waals surface area contributed by atoms with Crippen LogP contribution < -0.4 is 5.56 Å². The third-order valence-electron chi connectivity index (χ3n) is 6.32. The van der Waals surface area contributed by atoms with Crippen molar-refractivity contribution in [2.24, 2.45) is 0 Å². The van der Waals surface area contributed by atoms with Crippen LogP contribution in [0.25, 0.3) is 10.8 Å². The van der Waals surface area contributed by atoms with Crippen LogP contribution in [0.5, 0.6) is 0 Å². The molecule has 150 valence electrons. The molecule has 1 N–H and O–H groups in total. The lowest BCUT2D eigenvalue weighted by atomic mass is 9.96. The highest BCUT2D eigenvalue weighted by atomic mass is 16.2. The smallest absolute Gasteiger partial charge is 0.256 e. The predicted octanol–water partition coefficient (Wildman–Crippen LogP) is 3.01. The van der Waals surface area contributed by atoms with Gasteiger partial charge in [-0.2, -0.15) is 0 Å². The van der Waals surface area contributed by atoms with E-state index in [2.05, 4.69) is 9.55 Å². The summed E-state index contributed by atoms with van der Waals surface area (Å²) in [6.07, 6.45) is 7.88. The Hall–Kier alpha value is -2.89. The van der Waals surface area contributed by atoms with Crippen molar-refractivity contribution in [2.75, 3.05) is 13.1 Å². The number of imidazole rings is 1. The minimum atomic E-state index is -0.133. The zero-order chi connectivity index (χ0) is 19.8. The fraction of sp³-hybridized carbons (Fsp3) is 0.435. The van der Waals surface area contributed by atoms with Gasteiger partial charge in [-0.05, 0) is 49.6 Å². The number of rotatable bonds is 3. The minimum Gasteiger partial charge on any atom is -0.342 e. The first kappa shape index (κ1) is 18.2. The molecule has 1 atom stereocenters. The maximum atomic E-state index is 13.0. The number of amides is 1. The summed E-state index contributed by atoms with van der Waals surface area (Å²) in [5, 5.41) is 1.53. The van der Waals surface area contributed by atoms with Crippen molar-refractivity contribution in [3.8, 4) is 0 Å². The van der Waals surface area contributed by atoms with E-state index in [9.17, 15) is 9.59 Å². The Bertz CT molecular complexity index is 1110. The number of hydrogen-bond acceptors (Lipinski definition) is 3. The molecular weight excluding hydrogens is 364 g/mol. The van der Waals surface area contributed by atoms with E-state index < -0.39 is 0 Å². The van der Waals surface area contributed by atoms with Crippen LogP contribution in [-0.4, -0.2) is 38.4 Å². The average Bonchev–Trinajstić information content (AvgIpc) is 3.18. The van der Waals surface area contributed by atoms with E-state index in [1.165, 1.54) is 18.5 Å². The van der Waals surface area contributed by atoms with Gasteiger partial charge in [0.15, 0.2) is 0 Å². The summed E-state index contributed by atoms with van der Waals surface area (Å²) in [6, 6.07) is 9.40. The lowest BCUT2D eigenvalue weighted by Gasteiger charge is -2.33. The second kappa shape index (κ2) is 7.50. The van der Waals surface area contributed by atoms with Crippen LogP contribution in [0.15, 0.2) is 41.3 Å². The van der Waals surface area contributed by atoms with Crippen LogP contribution in [0.1, 0.15) is 48.8 Å². The Morgan fingerprint density at radius 2 is 2.07 bits per heavy atom. The van der Waals surface area contributed by atoms with Crippen LogP contribution in [-0.2, 0) is 24.2 Å². The molecule has 1 aromatic carbocycles. The molecule has 2 aliphatic heterocycles. The van der Waals surface area contributed by atoms with Crippen molar-refractivity contribution in [1.29, 1.82) is 0 Å². The molecule has 0 radical (unpaired) electrons. The largest absolute Gasteiger partial charge is 0.342 e. The molecule has 1 fully saturated rings. The van der Waals surface area contributed by atoms with Gasteiger partial charge in [-0.3, -0.25) is 9.59 Å². The van der Waals surface area contributed by atoms with Crippen molar-refractivity contribution in [3.05, 3.63) is 64.1 Å². The van der Waals surface area contributed by atoms with Crippen LogP contribution in [0, 0.1) is 0 Å². The van der Waals surface area contributed by atoms with Crippen molar-refractivity contribution in [2.45, 2.75) is 51.0 Å². The molecule has 0 bridgehead atoms. The summed E-state index contributed by atoms with van der Waals surface area (Å²) in [4.78, 5) is 34.9. The minimum absolute atomic E-state index is 0.0751. The number of nitrogens with zero attached hydrogens (tertiary/aromatic N) is 3. The Labute approximate surface area is 169 Å². The SMILES string of the molecule is O=C(Cc1cc2ccccc2c(=O)[nH]1)N1CCC[C@@H](c2ncc3n2CCCC3)C1. The van der Waals surface area contributed by atoms with Gasteiger partial charge in [-0.15, -0.1) is 0 Å². The van der Waals surface area contributed by atoms with Gasteiger partial charge < -0.3 is 14.5 Å². The second-order valence-electron chi connectivity index (χ2n) is 8.28. The van der Waals surface area contributed by atoms with E-state index in [0.29, 0.717) is 23.5 Å². The van der Waals surface area contributed by atoms with E-state index in [-0.39, 0.29) is 17.9 Å². The molecule has 0 aliphatic carbocycles. The third-order valence-corrected chi connectivity index (χ3v) is 6.32. The first-order chi connectivity index (χ1) is 14.2. The number of aromatic amines is 1. The Kier molecular flexibility index (Phi) is 4.70. The molecule has 29 heavy (non-hydrogen) atoms. The van der Waals surface area contributed by atoms with Gasteiger partial charge in [0.25, 0.3) is 5.56 Å². The molecule has 0 spiro atoms. The summed E-state index contributed by atoms with van der Waals surface area (Å²) >= 11 is 0. The lowest BCUT2D eigenvalue weighted by molar-refractivity contribution is -0.131. The number of aromatic nitrogens is 3. The number of carbonyl (C=O) groups is 1. The van der Waals surface area contributed by atoms with Crippen molar-refractivity contribution < 1.29 is 4.79 Å². The van der Waals surface area contributed by atoms with E-state index in [1.54, 1.807) is 6.07 Å². The predicted molar refractivity (Wildman–Crippen MR) is 112 cm³/mol. The molecule has 3 aromatic rings. The van der Waals surface area contributed by atoms with Gasteiger partial charge in [0.1, 0.15) is 5.82 Å². The van der Waals surface area contributed by atoms with Gasteiger partial charge >= 0.3 is 0 Å². The van der Waals surface area contributed by atoms with E-state index in [1.807, 2.05) is 35.4 Å². The highest BCUT2D eigenvalue weighted by Crippen LogP contribution is 2.29. The maximum Gasteiger partial charge on any atom is 0.256 e. The number of fused-ring (bicyclic) bond motifs is 2. The van der Waals surface area contributed by atoms with Gasteiger partial charge in [-0.1, -0.05) is 18.2 Å². The number of H-pyrrole nitrogens is 1. The van der Waals surface area contributed by atoms with Crippen LogP contribution in [0.4, 0.5) is 0 Å². The summed E-state index contributed by atoms with van der Waals surface area (Å²) in [6.45, 7) is 2.54. The molecule has 0 unspecified atom stereocenters. The van der Waals surface area contributed by atoms with E-state index >= 15 is 0 Å². The quantitative estimate of drug-likeness (QED) is 0.747. The van der Waals surface area contributed by atoms with Crippen molar-refractivity contribution >= 4 is 16.7 Å². The number of aryl methyl sites for hydroxylation is 1. The van der Waals surface area contributed by atoms with Crippen LogP contribution in [0.3, 0.4) is 0 Å². The van der Waals surface area contributed by atoms with Crippen molar-refractivity contribution in [3.63, 3.8) is 0 Å². The molecule has 6 heteroatoms. The lowest BCUT2D eigenvalue weighted by Crippen LogP contribution is -2.41. The number of piperidine rings is 1. The number of nitrogens with one attached hydrogen (secondary N) is 1. The molecular formula is C23H26N4O2. The first-order valence-electron chi connectivity index (χ1n) is 10.6. The third kappa shape index (κ3) is 3.48. The maximum absolute atomic E-state index is 13.0. The van der Waals surface area contributed by atoms with Gasteiger partial charge in [0.2, 0.25) is 5.91 Å². The number of likely N-dealkylation sites (tertiary alicyclic amines) is 1. The molecule has 2 aliphatic rings. The molecule has 0 saturated carbocycles. The number of benzene rings is 1. The van der Waals surface area contributed by atoms with Crippen LogP contribution in [0.2, 0.25) is 0 Å². The van der Waals surface area contributed by atoms with Gasteiger partial charge in [0, 0.05) is 48.5 Å². The molecule has 2 aromatic heterocycles. The molecule has 5 rings (SSSR count). The monoisotopic (exact) mass is 390 g/mol. The standard InChI is InChI=1S/C23H26N4O2/c28-21(13-18-12-16-6-1-2-9-20(16)23(29)25-18)26-10-5-7-17(15-26)22-24-14-19-8-3-4-11-27(19)22/h1-2,6,9,12,14,17H,3-5,7-8,10-11,13,15H2,(H,25,29)/t17-/m1/s1. The van der Waals surface area contributed by atoms with Gasteiger partial charge in [0.05, 0.1) is 6.42 Å². The van der Waals surface area contributed by atoms with Gasteiger partial charge in [-0.25, -0.2) is 4.98 Å². The second-order valence-corrected chi connectivity index (χ2v) is 8.28. The Balaban J connectivity index is 1.33. The zero-order valence-corrected chi connectivity index (χ0v) is 16.6. The van der Waals surface area contributed by atoms with E-state index in [0.717, 1.165) is 43.6 Å². The number of hydrogen-bond donors (Lipinski definition) is 1. The summed E-state index contributed by atoms with van der Waals surface area (Å²) in [7, 11) is 0. The Morgan fingerprint density at radius 3 is 3.00 bits per heavy atom. The average molecular weight is 390 g/mol. The Morgan fingerprint density at radius 1 is 1.17 bits per heavy atom. The zero-order valence-electron chi connectivity index (χ0n) is 16.6. The van der Waals surface area contributed by atoms with E-state index in [4.69, 9.17) is 4.98 Å². The molecule has 4 heterocycles. The van der Waals surface area contributed by atoms with Crippen LogP contribution >= 0.6 is 0 Å². The summed E-state index contributed by atoms with van der Waals surface area (Å²) in [5.74, 6) is 1.53. The first-order valence-corrected chi connectivity index (χ1v) is 10.6.